The van der Waals surface area contributed by atoms with E-state index in [1.807, 2.05) is 18.7 Å². The van der Waals surface area contributed by atoms with E-state index < -0.39 is 0 Å². The molecule has 0 radical (unpaired) electrons. The van der Waals surface area contributed by atoms with Crippen LogP contribution in [0.5, 0.6) is 0 Å². The quantitative estimate of drug-likeness (QED) is 0.662. The van der Waals surface area contributed by atoms with Crippen LogP contribution in [0.4, 0.5) is 5.69 Å². The van der Waals surface area contributed by atoms with E-state index in [1.54, 1.807) is 11.8 Å². The van der Waals surface area contributed by atoms with Crippen LogP contribution in [0.1, 0.15) is 37.8 Å². The van der Waals surface area contributed by atoms with Gasteiger partial charge in [0.1, 0.15) is 0 Å². The highest BCUT2D eigenvalue weighted by atomic mass is 35.5. The van der Waals surface area contributed by atoms with Crippen LogP contribution >= 0.6 is 24.2 Å². The van der Waals surface area contributed by atoms with E-state index in [9.17, 15) is 4.79 Å². The number of rotatable bonds is 6. The van der Waals surface area contributed by atoms with Gasteiger partial charge in [-0.1, -0.05) is 12.1 Å². The van der Waals surface area contributed by atoms with Crippen molar-refractivity contribution in [1.29, 1.82) is 0 Å². The first-order chi connectivity index (χ1) is 12.4. The first-order valence-corrected chi connectivity index (χ1v) is 10.8. The number of hydrogen-bond donors (Lipinski definition) is 0. The van der Waals surface area contributed by atoms with Gasteiger partial charge in [0.05, 0.1) is 10.6 Å². The maximum Gasteiger partial charge on any atom is 0.238 e. The molecule has 2 fully saturated rings. The summed E-state index contributed by atoms with van der Waals surface area (Å²) in [5.41, 5.74) is 4.19. The van der Waals surface area contributed by atoms with Gasteiger partial charge in [-0.25, -0.2) is 0 Å². The molecule has 4 nitrogen and oxygen atoms in total. The van der Waals surface area contributed by atoms with Crippen molar-refractivity contribution in [3.63, 3.8) is 0 Å². The third-order valence-corrected chi connectivity index (χ3v) is 7.16. The summed E-state index contributed by atoms with van der Waals surface area (Å²) in [5.74, 6) is 1.17. The highest BCUT2D eigenvalue weighted by molar-refractivity contribution is 8.01. The zero-order valence-corrected chi connectivity index (χ0v) is 18.8. The predicted octanol–water partition coefficient (Wildman–Crippen LogP) is 3.94. The fourth-order valence-electron chi connectivity index (χ4n) is 3.84. The molecule has 2 heterocycles. The fourth-order valence-corrected chi connectivity index (χ4v) is 4.81. The average Bonchev–Trinajstić information content (AvgIpc) is 2.88. The Labute approximate surface area is 175 Å². The smallest absolute Gasteiger partial charge is 0.238 e. The first-order valence-electron chi connectivity index (χ1n) is 9.85. The molecule has 2 aliphatic rings. The van der Waals surface area contributed by atoms with E-state index in [0.717, 1.165) is 51.6 Å². The Morgan fingerprint density at radius 1 is 1.04 bits per heavy atom. The van der Waals surface area contributed by atoms with Gasteiger partial charge in [-0.3, -0.25) is 9.69 Å². The summed E-state index contributed by atoms with van der Waals surface area (Å²) >= 11 is 1.76. The third-order valence-electron chi connectivity index (χ3n) is 5.82. The zero-order chi connectivity index (χ0) is 18.7. The highest BCUT2D eigenvalue weighted by Gasteiger charge is 2.38. The minimum Gasteiger partial charge on any atom is -0.369 e. The van der Waals surface area contributed by atoms with Crippen LogP contribution in [0.25, 0.3) is 0 Å². The molecule has 27 heavy (non-hydrogen) atoms. The number of thioether (sulfide) groups is 1. The van der Waals surface area contributed by atoms with Crippen molar-refractivity contribution in [3.8, 4) is 0 Å². The summed E-state index contributed by atoms with van der Waals surface area (Å²) in [6.45, 7) is 15.1. The van der Waals surface area contributed by atoms with Crippen LogP contribution in [0.15, 0.2) is 18.2 Å². The van der Waals surface area contributed by atoms with E-state index in [1.165, 1.54) is 23.2 Å². The van der Waals surface area contributed by atoms with E-state index in [0.29, 0.717) is 5.91 Å². The van der Waals surface area contributed by atoms with Crippen molar-refractivity contribution in [1.82, 2.24) is 9.80 Å². The van der Waals surface area contributed by atoms with Gasteiger partial charge in [-0.2, -0.15) is 0 Å². The summed E-state index contributed by atoms with van der Waals surface area (Å²) < 4.78 is -0.218. The minimum atomic E-state index is -0.218. The fraction of sp³-hybridized carbons (Fsp3) is 0.667. The molecule has 1 amide bonds. The number of benzene rings is 1. The molecule has 2 saturated heterocycles. The molecule has 1 aromatic rings. The second kappa shape index (κ2) is 9.53. The summed E-state index contributed by atoms with van der Waals surface area (Å²) in [6.07, 6.45) is 2.29. The lowest BCUT2D eigenvalue weighted by Crippen LogP contribution is -2.47. The molecule has 0 N–H and O–H groups in total. The largest absolute Gasteiger partial charge is 0.369 e. The molecule has 2 aliphatic heterocycles. The number of unbranched alkanes of at least 4 members (excludes halogenated alkanes) is 1. The molecule has 0 unspecified atom stereocenters. The molecule has 1 aromatic carbocycles. The summed E-state index contributed by atoms with van der Waals surface area (Å²) in [7, 11) is 0. The van der Waals surface area contributed by atoms with E-state index in [4.69, 9.17) is 0 Å². The number of hydrogen-bond acceptors (Lipinski definition) is 4. The third kappa shape index (κ3) is 5.33. The maximum atomic E-state index is 12.2. The Morgan fingerprint density at radius 2 is 1.70 bits per heavy atom. The lowest BCUT2D eigenvalue weighted by Gasteiger charge is -2.37. The molecule has 6 heteroatoms. The molecule has 0 saturated carbocycles. The SMILES string of the molecule is Cc1cccc(N2CCN(CCCCN3CSC(C)(C)C3=O)CC2)c1C.Cl. The summed E-state index contributed by atoms with van der Waals surface area (Å²) in [6, 6.07) is 6.62. The number of aryl methyl sites for hydroxylation is 1. The van der Waals surface area contributed by atoms with Gasteiger partial charge >= 0.3 is 0 Å². The first kappa shape index (κ1) is 22.4. The average molecular weight is 412 g/mol. The lowest BCUT2D eigenvalue weighted by molar-refractivity contribution is -0.130. The van der Waals surface area contributed by atoms with Crippen molar-refractivity contribution in [3.05, 3.63) is 29.3 Å². The predicted molar refractivity (Wildman–Crippen MR) is 119 cm³/mol. The summed E-state index contributed by atoms with van der Waals surface area (Å²) in [5, 5.41) is 0. The van der Waals surface area contributed by atoms with Gasteiger partial charge < -0.3 is 9.80 Å². The van der Waals surface area contributed by atoms with Crippen LogP contribution < -0.4 is 4.90 Å². The van der Waals surface area contributed by atoms with Gasteiger partial charge in [0, 0.05) is 38.4 Å². The minimum absolute atomic E-state index is 0. The number of carbonyl (C=O) groups excluding carboxylic acids is 1. The zero-order valence-electron chi connectivity index (χ0n) is 17.2. The van der Waals surface area contributed by atoms with Crippen LogP contribution in [-0.4, -0.2) is 65.6 Å². The Kier molecular flexibility index (Phi) is 7.90. The van der Waals surface area contributed by atoms with Crippen LogP contribution in [0.3, 0.4) is 0 Å². The van der Waals surface area contributed by atoms with Gasteiger partial charge in [-0.05, 0) is 64.3 Å². The van der Waals surface area contributed by atoms with E-state index in [2.05, 4.69) is 41.8 Å². The van der Waals surface area contributed by atoms with E-state index in [-0.39, 0.29) is 17.2 Å². The molecule has 0 aromatic heterocycles. The molecule has 152 valence electrons. The number of carbonyl (C=O) groups is 1. The molecule has 0 aliphatic carbocycles. The molecular formula is C21H34ClN3OS. The lowest BCUT2D eigenvalue weighted by atomic mass is 10.1. The van der Waals surface area contributed by atoms with Crippen LogP contribution in [-0.2, 0) is 4.79 Å². The van der Waals surface area contributed by atoms with Crippen molar-refractivity contribution in [2.24, 2.45) is 0 Å². The Balaban J connectivity index is 0.00000261. The molecular weight excluding hydrogens is 378 g/mol. The summed E-state index contributed by atoms with van der Waals surface area (Å²) in [4.78, 5) is 19.4. The molecule has 0 atom stereocenters. The van der Waals surface area contributed by atoms with Crippen molar-refractivity contribution >= 4 is 35.8 Å². The van der Waals surface area contributed by atoms with Crippen molar-refractivity contribution in [2.75, 3.05) is 50.0 Å². The Bertz CT molecular complexity index is 644. The second-order valence-electron chi connectivity index (χ2n) is 8.11. The van der Waals surface area contributed by atoms with E-state index >= 15 is 0 Å². The normalized spacial score (nSPS) is 20.1. The number of anilines is 1. The van der Waals surface area contributed by atoms with Gasteiger partial charge in [-0.15, -0.1) is 24.2 Å². The van der Waals surface area contributed by atoms with Crippen LogP contribution in [0.2, 0.25) is 0 Å². The van der Waals surface area contributed by atoms with Crippen molar-refractivity contribution < 1.29 is 4.79 Å². The maximum absolute atomic E-state index is 12.2. The standard InChI is InChI=1S/C21H33N3OS.ClH/c1-17-8-7-9-19(18(17)2)23-14-12-22(13-15-23)10-5-6-11-24-16-26-21(3,4)20(24)25;/h7-9H,5-6,10-16H2,1-4H3;1H. The second-order valence-corrected chi connectivity index (χ2v) is 9.67. The Hall–Kier alpha value is -0.910. The van der Waals surface area contributed by atoms with Gasteiger partial charge in [0.2, 0.25) is 5.91 Å². The molecule has 0 bridgehead atoms. The molecule has 3 rings (SSSR count). The van der Waals surface area contributed by atoms with Crippen LogP contribution in [0, 0.1) is 13.8 Å². The number of nitrogens with zero attached hydrogens (tertiary/aromatic N) is 3. The highest BCUT2D eigenvalue weighted by Crippen LogP contribution is 2.34. The van der Waals surface area contributed by atoms with Crippen molar-refractivity contribution in [2.45, 2.75) is 45.3 Å². The van der Waals surface area contributed by atoms with Gasteiger partial charge in [0.25, 0.3) is 0 Å². The van der Waals surface area contributed by atoms with Gasteiger partial charge in [0.15, 0.2) is 0 Å². The monoisotopic (exact) mass is 411 g/mol. The number of amides is 1. The number of halogens is 1. The molecule has 0 spiro atoms. The Morgan fingerprint density at radius 3 is 2.33 bits per heavy atom. The topological polar surface area (TPSA) is 26.8 Å². The number of piperazine rings is 1.